The summed E-state index contributed by atoms with van der Waals surface area (Å²) >= 11 is 0. The topological polar surface area (TPSA) is 49.4 Å². The van der Waals surface area contributed by atoms with E-state index in [4.69, 9.17) is 0 Å². The molecule has 0 bridgehead atoms. The minimum absolute atomic E-state index is 0.00881. The highest BCUT2D eigenvalue weighted by Crippen LogP contribution is 2.15. The summed E-state index contributed by atoms with van der Waals surface area (Å²) in [5, 5.41) is 2.85. The van der Waals surface area contributed by atoms with Crippen LogP contribution in [0.4, 0.5) is 5.69 Å². The molecule has 0 heterocycles. The highest BCUT2D eigenvalue weighted by atomic mass is 16.2. The van der Waals surface area contributed by atoms with Crippen LogP contribution < -0.4 is 5.32 Å². The van der Waals surface area contributed by atoms with Gasteiger partial charge in [-0.1, -0.05) is 38.1 Å². The summed E-state index contributed by atoms with van der Waals surface area (Å²) in [4.78, 5) is 26.7. The molecule has 0 radical (unpaired) electrons. The summed E-state index contributed by atoms with van der Waals surface area (Å²) in [6.07, 6.45) is 1.85. The Kier molecular flexibility index (Phi) is 6.55. The van der Waals surface area contributed by atoms with Crippen LogP contribution in [-0.2, 0) is 0 Å². The molecule has 0 saturated carbocycles. The van der Waals surface area contributed by atoms with Gasteiger partial charge in [0.25, 0.3) is 11.8 Å². The Morgan fingerprint density at radius 3 is 2.12 bits per heavy atom. The molecule has 0 atom stereocenters. The minimum Gasteiger partial charge on any atom is -0.339 e. The first-order valence-electron chi connectivity index (χ1n) is 8.41. The monoisotopic (exact) mass is 324 g/mol. The first kappa shape index (κ1) is 17.7. The zero-order valence-corrected chi connectivity index (χ0v) is 14.3. The average molecular weight is 324 g/mol. The predicted octanol–water partition coefficient (Wildman–Crippen LogP) is 4.20. The van der Waals surface area contributed by atoms with E-state index in [1.165, 1.54) is 0 Å². The maximum Gasteiger partial charge on any atom is 0.255 e. The standard InChI is InChI=1S/C20H24N2O2/c1-3-13-22(14-4-2)20(24)17-11-8-12-18(15-17)21-19(23)16-9-6-5-7-10-16/h5-12,15H,3-4,13-14H2,1-2H3,(H,21,23). The normalized spacial score (nSPS) is 10.2. The Hall–Kier alpha value is -2.62. The first-order valence-corrected chi connectivity index (χ1v) is 8.41. The number of nitrogens with one attached hydrogen (secondary N) is 1. The molecule has 2 rings (SSSR count). The molecule has 1 N–H and O–H groups in total. The second-order valence-electron chi connectivity index (χ2n) is 5.69. The van der Waals surface area contributed by atoms with Crippen LogP contribution in [0, 0.1) is 0 Å². The van der Waals surface area contributed by atoms with E-state index in [0.717, 1.165) is 25.9 Å². The third-order valence-corrected chi connectivity index (χ3v) is 3.68. The van der Waals surface area contributed by atoms with E-state index in [-0.39, 0.29) is 11.8 Å². The van der Waals surface area contributed by atoms with E-state index in [0.29, 0.717) is 16.8 Å². The molecular weight excluding hydrogens is 300 g/mol. The molecule has 4 nitrogen and oxygen atoms in total. The lowest BCUT2D eigenvalue weighted by molar-refractivity contribution is 0.0755. The van der Waals surface area contributed by atoms with Crippen molar-refractivity contribution >= 4 is 17.5 Å². The zero-order chi connectivity index (χ0) is 17.4. The fraction of sp³-hybridized carbons (Fsp3) is 0.300. The highest BCUT2D eigenvalue weighted by Gasteiger charge is 2.15. The quantitative estimate of drug-likeness (QED) is 0.830. The number of benzene rings is 2. The lowest BCUT2D eigenvalue weighted by Crippen LogP contribution is -2.32. The second kappa shape index (κ2) is 8.87. The van der Waals surface area contributed by atoms with Gasteiger partial charge in [-0.05, 0) is 43.2 Å². The summed E-state index contributed by atoms with van der Waals surface area (Å²) in [6.45, 7) is 5.61. The van der Waals surface area contributed by atoms with Gasteiger partial charge in [-0.15, -0.1) is 0 Å². The summed E-state index contributed by atoms with van der Waals surface area (Å²) in [5.41, 5.74) is 1.82. The van der Waals surface area contributed by atoms with Gasteiger partial charge in [0.2, 0.25) is 0 Å². The van der Waals surface area contributed by atoms with Gasteiger partial charge in [0.15, 0.2) is 0 Å². The number of nitrogens with zero attached hydrogens (tertiary/aromatic N) is 1. The van der Waals surface area contributed by atoms with Crippen LogP contribution in [0.2, 0.25) is 0 Å². The smallest absolute Gasteiger partial charge is 0.255 e. The molecule has 2 aromatic rings. The van der Waals surface area contributed by atoms with Crippen molar-refractivity contribution in [3.8, 4) is 0 Å². The highest BCUT2D eigenvalue weighted by molar-refractivity contribution is 6.05. The van der Waals surface area contributed by atoms with E-state index < -0.39 is 0 Å². The van der Waals surface area contributed by atoms with E-state index in [1.54, 1.807) is 36.4 Å². The van der Waals surface area contributed by atoms with Crippen molar-refractivity contribution in [2.75, 3.05) is 18.4 Å². The van der Waals surface area contributed by atoms with Gasteiger partial charge in [0.05, 0.1) is 0 Å². The molecule has 4 heteroatoms. The van der Waals surface area contributed by atoms with Crippen LogP contribution in [0.25, 0.3) is 0 Å². The Morgan fingerprint density at radius 1 is 0.875 bits per heavy atom. The maximum atomic E-state index is 12.6. The van der Waals surface area contributed by atoms with Crippen molar-refractivity contribution in [1.82, 2.24) is 4.90 Å². The van der Waals surface area contributed by atoms with Gasteiger partial charge in [-0.2, -0.15) is 0 Å². The number of anilines is 1. The van der Waals surface area contributed by atoms with E-state index in [1.807, 2.05) is 23.1 Å². The Bertz CT molecular complexity index is 677. The predicted molar refractivity (Wildman–Crippen MR) is 97.3 cm³/mol. The molecule has 0 aliphatic heterocycles. The third kappa shape index (κ3) is 4.69. The van der Waals surface area contributed by atoms with Crippen LogP contribution >= 0.6 is 0 Å². The maximum absolute atomic E-state index is 12.6. The van der Waals surface area contributed by atoms with Crippen molar-refractivity contribution in [1.29, 1.82) is 0 Å². The Morgan fingerprint density at radius 2 is 1.50 bits per heavy atom. The number of carbonyl (C=O) groups excluding carboxylic acids is 2. The molecular formula is C20H24N2O2. The summed E-state index contributed by atoms with van der Waals surface area (Å²) < 4.78 is 0. The fourth-order valence-corrected chi connectivity index (χ4v) is 2.56. The largest absolute Gasteiger partial charge is 0.339 e. The SMILES string of the molecule is CCCN(CCC)C(=O)c1cccc(NC(=O)c2ccccc2)c1. The van der Waals surface area contributed by atoms with Crippen molar-refractivity contribution in [3.63, 3.8) is 0 Å². The molecule has 0 aliphatic carbocycles. The van der Waals surface area contributed by atoms with Gasteiger partial charge < -0.3 is 10.2 Å². The first-order chi connectivity index (χ1) is 11.7. The summed E-state index contributed by atoms with van der Waals surface area (Å²) in [5.74, 6) is -0.173. The van der Waals surface area contributed by atoms with Crippen molar-refractivity contribution in [2.45, 2.75) is 26.7 Å². The molecule has 0 fully saturated rings. The van der Waals surface area contributed by atoms with E-state index >= 15 is 0 Å². The summed E-state index contributed by atoms with van der Waals surface area (Å²) in [6, 6.07) is 16.1. The molecule has 24 heavy (non-hydrogen) atoms. The number of carbonyl (C=O) groups is 2. The molecule has 2 amide bonds. The van der Waals surface area contributed by atoms with Gasteiger partial charge in [-0.3, -0.25) is 9.59 Å². The minimum atomic E-state index is -0.181. The van der Waals surface area contributed by atoms with Gasteiger partial charge >= 0.3 is 0 Å². The molecule has 0 aromatic heterocycles. The molecule has 0 spiro atoms. The van der Waals surface area contributed by atoms with Crippen molar-refractivity contribution in [2.24, 2.45) is 0 Å². The molecule has 0 aliphatic rings. The lowest BCUT2D eigenvalue weighted by atomic mass is 10.1. The lowest BCUT2D eigenvalue weighted by Gasteiger charge is -2.21. The van der Waals surface area contributed by atoms with Crippen molar-refractivity contribution in [3.05, 3.63) is 65.7 Å². The third-order valence-electron chi connectivity index (χ3n) is 3.68. The van der Waals surface area contributed by atoms with Crippen LogP contribution in [0.5, 0.6) is 0 Å². The van der Waals surface area contributed by atoms with Crippen LogP contribution in [0.1, 0.15) is 47.4 Å². The number of amides is 2. The van der Waals surface area contributed by atoms with E-state index in [2.05, 4.69) is 19.2 Å². The number of hydrogen-bond donors (Lipinski definition) is 1. The summed E-state index contributed by atoms with van der Waals surface area (Å²) in [7, 11) is 0. The van der Waals surface area contributed by atoms with E-state index in [9.17, 15) is 9.59 Å². The second-order valence-corrected chi connectivity index (χ2v) is 5.69. The molecule has 0 unspecified atom stereocenters. The van der Waals surface area contributed by atoms with Crippen LogP contribution in [-0.4, -0.2) is 29.8 Å². The Labute approximate surface area is 143 Å². The molecule has 2 aromatic carbocycles. The average Bonchev–Trinajstić information content (AvgIpc) is 2.62. The van der Waals surface area contributed by atoms with Gasteiger partial charge in [0, 0.05) is 29.9 Å². The Balaban J connectivity index is 2.13. The molecule has 0 saturated heterocycles. The zero-order valence-electron chi connectivity index (χ0n) is 14.3. The number of hydrogen-bond acceptors (Lipinski definition) is 2. The van der Waals surface area contributed by atoms with Crippen LogP contribution in [0.15, 0.2) is 54.6 Å². The fourth-order valence-electron chi connectivity index (χ4n) is 2.56. The van der Waals surface area contributed by atoms with Crippen LogP contribution in [0.3, 0.4) is 0 Å². The molecule has 126 valence electrons. The van der Waals surface area contributed by atoms with Gasteiger partial charge in [0.1, 0.15) is 0 Å². The van der Waals surface area contributed by atoms with Crippen molar-refractivity contribution < 1.29 is 9.59 Å². The van der Waals surface area contributed by atoms with Gasteiger partial charge in [-0.25, -0.2) is 0 Å². The number of rotatable bonds is 7.